The fraction of sp³-hybridized carbons (Fsp3) is 0.444. The van der Waals surface area contributed by atoms with Crippen LogP contribution >= 0.6 is 12.6 Å². The number of aliphatic carboxylic acids is 1. The van der Waals surface area contributed by atoms with Crippen LogP contribution in [-0.4, -0.2) is 65.0 Å². The zero-order chi connectivity index (χ0) is 21.8. The van der Waals surface area contributed by atoms with Gasteiger partial charge in [0, 0.05) is 12.2 Å². The Morgan fingerprint density at radius 3 is 2.41 bits per heavy atom. The molecule has 0 aliphatic rings. The number of carbonyl (C=O) groups excluding carboxylic acids is 3. The molecule has 0 fully saturated rings. The van der Waals surface area contributed by atoms with Gasteiger partial charge in [-0.1, -0.05) is 30.3 Å². The zero-order valence-electron chi connectivity index (χ0n) is 15.6. The summed E-state index contributed by atoms with van der Waals surface area (Å²) in [5.41, 5.74) is 5.90. The van der Waals surface area contributed by atoms with Crippen molar-refractivity contribution < 1.29 is 34.1 Å². The number of thiol groups is 1. The summed E-state index contributed by atoms with van der Waals surface area (Å²) < 4.78 is 4.91. The number of nitrogens with one attached hydrogen (secondary N) is 2. The first-order chi connectivity index (χ1) is 13.7. The average molecular weight is 427 g/mol. The highest BCUT2D eigenvalue weighted by molar-refractivity contribution is 7.80. The zero-order valence-corrected chi connectivity index (χ0v) is 16.5. The monoisotopic (exact) mass is 427 g/mol. The molecule has 0 aliphatic heterocycles. The number of aliphatic hydroxyl groups excluding tert-OH is 1. The summed E-state index contributed by atoms with van der Waals surface area (Å²) in [6, 6.07) is 6.44. The smallest absolute Gasteiger partial charge is 0.325 e. The summed E-state index contributed by atoms with van der Waals surface area (Å²) in [6.07, 6.45) is -1.25. The van der Waals surface area contributed by atoms with Gasteiger partial charge in [0.25, 0.3) is 0 Å². The fourth-order valence-electron chi connectivity index (χ4n) is 2.15. The lowest BCUT2D eigenvalue weighted by Crippen LogP contribution is -2.49. The lowest BCUT2D eigenvalue weighted by atomic mass is 10.1. The number of rotatable bonds is 12. The van der Waals surface area contributed by atoms with Crippen LogP contribution < -0.4 is 16.4 Å². The summed E-state index contributed by atoms with van der Waals surface area (Å²) in [7, 11) is 0. The van der Waals surface area contributed by atoms with Crippen LogP contribution in [0.25, 0.3) is 0 Å². The molecule has 10 nitrogen and oxygen atoms in total. The third kappa shape index (κ3) is 9.41. The van der Waals surface area contributed by atoms with E-state index in [9.17, 15) is 24.3 Å². The van der Waals surface area contributed by atoms with Crippen molar-refractivity contribution in [1.82, 2.24) is 10.6 Å². The Hall–Kier alpha value is -2.63. The third-order valence-electron chi connectivity index (χ3n) is 3.83. The second-order valence-electron chi connectivity index (χ2n) is 6.11. The number of carboxylic acid groups (broad SMARTS) is 1. The number of aliphatic hydroxyl groups is 1. The van der Waals surface area contributed by atoms with Crippen molar-refractivity contribution in [3.8, 4) is 0 Å². The standard InChI is InChI=1S/C18H25N3O7S/c19-12(18(26)27)6-7-15(23)21-13(10-29)17(25)20-8-16(24)28-9-14(22)11-4-2-1-3-5-11/h1-5,12-14,22,29H,6-10,19H2,(H,20,25)(H,21,23)(H,26,27)/t12-,13-,14+/m0/s1. The number of hydrogen-bond donors (Lipinski definition) is 6. The van der Waals surface area contributed by atoms with Crippen LogP contribution in [0.4, 0.5) is 0 Å². The molecule has 1 rings (SSSR count). The lowest BCUT2D eigenvalue weighted by molar-refractivity contribution is -0.147. The van der Waals surface area contributed by atoms with Crippen molar-refractivity contribution in [2.75, 3.05) is 18.9 Å². The Bertz CT molecular complexity index is 702. The molecule has 0 heterocycles. The number of carbonyl (C=O) groups is 4. The average Bonchev–Trinajstić information content (AvgIpc) is 2.72. The molecule has 0 aromatic heterocycles. The summed E-state index contributed by atoms with van der Waals surface area (Å²) >= 11 is 3.98. The van der Waals surface area contributed by atoms with E-state index in [2.05, 4.69) is 23.3 Å². The van der Waals surface area contributed by atoms with Gasteiger partial charge in [0.1, 0.15) is 31.3 Å². The van der Waals surface area contributed by atoms with Crippen LogP contribution in [0.5, 0.6) is 0 Å². The minimum absolute atomic E-state index is 0.0374. The van der Waals surface area contributed by atoms with Crippen LogP contribution in [-0.2, 0) is 23.9 Å². The van der Waals surface area contributed by atoms with Gasteiger partial charge in [0.15, 0.2) is 0 Å². The van der Waals surface area contributed by atoms with Crippen LogP contribution in [0.3, 0.4) is 0 Å². The van der Waals surface area contributed by atoms with E-state index in [1.165, 1.54) is 0 Å². The maximum atomic E-state index is 12.1. The van der Waals surface area contributed by atoms with Gasteiger partial charge < -0.3 is 31.3 Å². The van der Waals surface area contributed by atoms with Gasteiger partial charge in [-0.3, -0.25) is 19.2 Å². The molecule has 6 N–H and O–H groups in total. The summed E-state index contributed by atoms with van der Waals surface area (Å²) in [4.78, 5) is 46.2. The summed E-state index contributed by atoms with van der Waals surface area (Å²) in [5.74, 6) is -3.24. The maximum absolute atomic E-state index is 12.1. The highest BCUT2D eigenvalue weighted by Gasteiger charge is 2.21. The fourth-order valence-corrected chi connectivity index (χ4v) is 2.40. The van der Waals surface area contributed by atoms with E-state index < -0.39 is 48.5 Å². The molecule has 0 spiro atoms. The summed E-state index contributed by atoms with van der Waals surface area (Å²) in [6.45, 7) is -0.723. The molecule has 0 radical (unpaired) electrons. The number of nitrogens with two attached hydrogens (primary N) is 1. The van der Waals surface area contributed by atoms with Gasteiger partial charge in [-0.15, -0.1) is 0 Å². The van der Waals surface area contributed by atoms with E-state index in [1.807, 2.05) is 0 Å². The molecule has 11 heteroatoms. The van der Waals surface area contributed by atoms with Gasteiger partial charge in [-0.05, 0) is 12.0 Å². The third-order valence-corrected chi connectivity index (χ3v) is 4.19. The van der Waals surface area contributed by atoms with Crippen LogP contribution in [0.15, 0.2) is 30.3 Å². The molecule has 0 aliphatic carbocycles. The van der Waals surface area contributed by atoms with E-state index in [0.717, 1.165) is 0 Å². The van der Waals surface area contributed by atoms with Crippen LogP contribution in [0.1, 0.15) is 24.5 Å². The molecule has 0 saturated carbocycles. The first-order valence-corrected chi connectivity index (χ1v) is 9.42. The highest BCUT2D eigenvalue weighted by atomic mass is 32.1. The highest BCUT2D eigenvalue weighted by Crippen LogP contribution is 2.11. The topological polar surface area (TPSA) is 168 Å². The largest absolute Gasteiger partial charge is 0.480 e. The van der Waals surface area contributed by atoms with E-state index in [1.54, 1.807) is 30.3 Å². The van der Waals surface area contributed by atoms with Crippen LogP contribution in [0.2, 0.25) is 0 Å². The molecular formula is C18H25N3O7S. The van der Waals surface area contributed by atoms with Gasteiger partial charge in [0.05, 0.1) is 0 Å². The molecule has 0 bridgehead atoms. The quantitative estimate of drug-likeness (QED) is 0.182. The number of esters is 1. The molecule has 0 saturated heterocycles. The van der Waals surface area contributed by atoms with E-state index in [0.29, 0.717) is 5.56 Å². The Labute approximate surface area is 173 Å². The van der Waals surface area contributed by atoms with Crippen LogP contribution in [0, 0.1) is 0 Å². The number of benzene rings is 1. The Balaban J connectivity index is 2.35. The Morgan fingerprint density at radius 2 is 1.83 bits per heavy atom. The number of carboxylic acids is 1. The van der Waals surface area contributed by atoms with Gasteiger partial charge in [-0.2, -0.15) is 12.6 Å². The van der Waals surface area contributed by atoms with Gasteiger partial charge in [-0.25, -0.2) is 0 Å². The molecule has 29 heavy (non-hydrogen) atoms. The second-order valence-corrected chi connectivity index (χ2v) is 6.48. The van der Waals surface area contributed by atoms with E-state index in [4.69, 9.17) is 15.6 Å². The first kappa shape index (κ1) is 24.4. The Kier molecular flexibility index (Phi) is 10.7. The first-order valence-electron chi connectivity index (χ1n) is 8.79. The normalized spacial score (nSPS) is 13.6. The summed E-state index contributed by atoms with van der Waals surface area (Å²) in [5, 5.41) is 23.3. The van der Waals surface area contributed by atoms with Crippen molar-refractivity contribution >= 4 is 36.4 Å². The predicted octanol–water partition coefficient (Wildman–Crippen LogP) is -1.01. The second kappa shape index (κ2) is 12.8. The predicted molar refractivity (Wildman–Crippen MR) is 106 cm³/mol. The molecule has 0 unspecified atom stereocenters. The van der Waals surface area contributed by atoms with Crippen molar-refractivity contribution in [2.24, 2.45) is 5.73 Å². The molecule has 2 amide bonds. The molecular weight excluding hydrogens is 402 g/mol. The molecule has 160 valence electrons. The minimum atomic E-state index is -1.22. The number of ether oxygens (including phenoxy) is 1. The molecule has 1 aromatic rings. The SMILES string of the molecule is N[C@@H](CCC(=O)N[C@@H](CS)C(=O)NCC(=O)OC[C@@H](O)c1ccccc1)C(=O)O. The van der Waals surface area contributed by atoms with Gasteiger partial charge >= 0.3 is 11.9 Å². The minimum Gasteiger partial charge on any atom is -0.480 e. The molecule has 3 atom stereocenters. The maximum Gasteiger partial charge on any atom is 0.325 e. The number of hydrogen-bond acceptors (Lipinski definition) is 8. The van der Waals surface area contributed by atoms with Crippen molar-refractivity contribution in [3.05, 3.63) is 35.9 Å². The number of amides is 2. The lowest BCUT2D eigenvalue weighted by Gasteiger charge is -2.17. The van der Waals surface area contributed by atoms with Crippen molar-refractivity contribution in [3.63, 3.8) is 0 Å². The van der Waals surface area contributed by atoms with E-state index >= 15 is 0 Å². The molecule has 1 aromatic carbocycles. The van der Waals surface area contributed by atoms with E-state index in [-0.39, 0.29) is 25.2 Å². The Morgan fingerprint density at radius 1 is 1.17 bits per heavy atom. The van der Waals surface area contributed by atoms with Gasteiger partial charge in [0.2, 0.25) is 11.8 Å². The van der Waals surface area contributed by atoms with Crippen molar-refractivity contribution in [1.29, 1.82) is 0 Å². The van der Waals surface area contributed by atoms with Crippen molar-refractivity contribution in [2.45, 2.75) is 31.0 Å².